The van der Waals surface area contributed by atoms with Crippen molar-refractivity contribution in [3.8, 4) is 16.9 Å². The molecule has 0 saturated carbocycles. The van der Waals surface area contributed by atoms with Crippen molar-refractivity contribution < 1.29 is 19.3 Å². The number of rotatable bonds is 7. The fourth-order valence-corrected chi connectivity index (χ4v) is 3.51. The lowest BCUT2D eigenvalue weighted by molar-refractivity contribution is -0.736. The molecular weight excluding hydrogens is 422 g/mol. The Morgan fingerprint density at radius 3 is 2.39 bits per heavy atom. The van der Waals surface area contributed by atoms with E-state index in [1.54, 1.807) is 12.1 Å². The molecule has 4 rings (SSSR count). The monoisotopic (exact) mass is 444 g/mol. The van der Waals surface area contributed by atoms with E-state index in [0.717, 1.165) is 10.2 Å². The zero-order valence-electron chi connectivity index (χ0n) is 18.2. The predicted octanol–water partition coefficient (Wildman–Crippen LogP) is 4.59. The van der Waals surface area contributed by atoms with E-state index < -0.39 is 11.5 Å². The molecule has 0 saturated heterocycles. The Labute approximate surface area is 189 Å². The average Bonchev–Trinajstić information content (AvgIpc) is 2.87. The Morgan fingerprint density at radius 2 is 1.70 bits per heavy atom. The molecule has 0 unspecified atom stereocenters. The normalized spacial score (nSPS) is 10.7. The van der Waals surface area contributed by atoms with E-state index in [0.29, 0.717) is 22.9 Å². The number of hydrogen-bond acceptors (Lipinski definition) is 6. The highest BCUT2D eigenvalue weighted by Gasteiger charge is 2.27. The van der Waals surface area contributed by atoms with Gasteiger partial charge < -0.3 is 4.74 Å². The molecule has 0 fully saturated rings. The van der Waals surface area contributed by atoms with Gasteiger partial charge in [-0.2, -0.15) is 9.78 Å². The van der Waals surface area contributed by atoms with Gasteiger partial charge in [0.05, 0.1) is 28.2 Å². The number of esters is 1. The van der Waals surface area contributed by atoms with E-state index >= 15 is 0 Å². The first-order valence-electron chi connectivity index (χ1n) is 10.5. The lowest BCUT2D eigenvalue weighted by Crippen LogP contribution is -2.24. The molecule has 0 aliphatic heterocycles. The van der Waals surface area contributed by atoms with Crippen molar-refractivity contribution in [1.29, 1.82) is 0 Å². The van der Waals surface area contributed by atoms with Crippen molar-refractivity contribution in [2.24, 2.45) is 0 Å². The van der Waals surface area contributed by atoms with Gasteiger partial charge in [-0.3, -0.25) is 4.79 Å². The van der Waals surface area contributed by atoms with Crippen molar-refractivity contribution >= 4 is 22.4 Å². The maximum atomic E-state index is 13.5. The Balaban J connectivity index is 2.01. The second-order valence-electron chi connectivity index (χ2n) is 7.26. The maximum Gasteiger partial charge on any atom is 0.342 e. The smallest absolute Gasteiger partial charge is 0.342 e. The Hall–Kier alpha value is -4.33. The molecular formula is C25H22N3O5+. The third-order valence-electron chi connectivity index (χ3n) is 5.09. The van der Waals surface area contributed by atoms with E-state index in [4.69, 9.17) is 9.57 Å². The molecule has 0 bridgehead atoms. The Kier molecular flexibility index (Phi) is 6.26. The molecule has 4 aromatic rings. The van der Waals surface area contributed by atoms with E-state index in [2.05, 4.69) is 5.10 Å². The molecule has 0 atom stereocenters. The predicted molar refractivity (Wildman–Crippen MR) is 124 cm³/mol. The highest BCUT2D eigenvalue weighted by Crippen LogP contribution is 2.28. The molecule has 0 N–H and O–H groups in total. The number of benzene rings is 3. The number of carbonyl (C=O) groups is 1. The van der Waals surface area contributed by atoms with Crippen LogP contribution in [0.4, 0.5) is 5.69 Å². The van der Waals surface area contributed by atoms with Gasteiger partial charge in [0.25, 0.3) is 10.5 Å². The van der Waals surface area contributed by atoms with Gasteiger partial charge in [-0.1, -0.05) is 55.5 Å². The van der Waals surface area contributed by atoms with Crippen LogP contribution in [0, 0.1) is 4.91 Å². The first kappa shape index (κ1) is 21.9. The molecule has 8 heteroatoms. The molecule has 8 nitrogen and oxygen atoms in total. The van der Waals surface area contributed by atoms with Crippen LogP contribution in [0.1, 0.15) is 23.7 Å². The summed E-state index contributed by atoms with van der Waals surface area (Å²) in [5.41, 5.74) is 1.24. The topological polar surface area (TPSA) is 90.5 Å². The average molecular weight is 444 g/mol. The van der Waals surface area contributed by atoms with E-state index in [1.165, 1.54) is 25.3 Å². The first-order valence-corrected chi connectivity index (χ1v) is 10.5. The van der Waals surface area contributed by atoms with Crippen molar-refractivity contribution in [2.45, 2.75) is 13.3 Å². The van der Waals surface area contributed by atoms with Gasteiger partial charge in [0.2, 0.25) is 0 Å². The lowest BCUT2D eigenvalue weighted by atomic mass is 10.0. The van der Waals surface area contributed by atoms with Crippen LogP contribution in [0.5, 0.6) is 0 Å². The summed E-state index contributed by atoms with van der Waals surface area (Å²) in [5, 5.41) is 5.71. The second kappa shape index (κ2) is 9.44. The van der Waals surface area contributed by atoms with Gasteiger partial charge >= 0.3 is 11.7 Å². The summed E-state index contributed by atoms with van der Waals surface area (Å²) in [4.78, 5) is 43.4. The second-order valence-corrected chi connectivity index (χ2v) is 7.26. The summed E-state index contributed by atoms with van der Waals surface area (Å²) < 4.78 is 6.34. The molecule has 3 aromatic carbocycles. The molecule has 0 aliphatic carbocycles. The third kappa shape index (κ3) is 4.23. The van der Waals surface area contributed by atoms with Crippen LogP contribution in [-0.2, 0) is 9.57 Å². The fraction of sp³-hybridized carbons (Fsp3) is 0.160. The van der Waals surface area contributed by atoms with E-state index in [-0.39, 0.29) is 28.5 Å². The zero-order chi connectivity index (χ0) is 23.4. The highest BCUT2D eigenvalue weighted by atomic mass is 16.8. The molecule has 0 amide bonds. The van der Waals surface area contributed by atoms with Crippen molar-refractivity contribution in [3.63, 3.8) is 0 Å². The zero-order valence-corrected chi connectivity index (χ0v) is 18.2. The summed E-state index contributed by atoms with van der Waals surface area (Å²) in [6, 6.07) is 20.8. The summed E-state index contributed by atoms with van der Waals surface area (Å²) in [6.07, 6.45) is 0.667. The SMILES string of the molecule is CCCOC(=O)c1ccc([N+](=O)OC)c(-n2nc(-c3ccccc3)c3ccccc3c2=O)c1. The maximum absolute atomic E-state index is 13.5. The Bertz CT molecular complexity index is 1400. The minimum atomic E-state index is -0.559. The van der Waals surface area contributed by atoms with Crippen LogP contribution in [0.15, 0.2) is 77.6 Å². The van der Waals surface area contributed by atoms with Gasteiger partial charge in [0.1, 0.15) is 0 Å². The number of fused-ring (bicyclic) bond motifs is 1. The largest absolute Gasteiger partial charge is 0.462 e. The fourth-order valence-electron chi connectivity index (χ4n) is 3.51. The molecule has 33 heavy (non-hydrogen) atoms. The van der Waals surface area contributed by atoms with Gasteiger partial charge in [-0.15, -0.1) is 0 Å². The standard InChI is InChI=1S/C25H22N3O5/c1-3-15-33-25(30)18-13-14-21(28(31)32-2)22(16-18)27-24(29)20-12-8-7-11-19(20)23(26-27)17-9-5-4-6-10-17/h4-14,16H,3,15H2,1-2H3/q+1. The van der Waals surface area contributed by atoms with Gasteiger partial charge in [-0.25, -0.2) is 9.63 Å². The van der Waals surface area contributed by atoms with Gasteiger partial charge in [0, 0.05) is 17.0 Å². The van der Waals surface area contributed by atoms with Crippen LogP contribution < -0.4 is 5.56 Å². The minimum Gasteiger partial charge on any atom is -0.462 e. The van der Waals surface area contributed by atoms with Crippen LogP contribution in [-0.4, -0.2) is 34.4 Å². The molecule has 0 aliphatic rings. The van der Waals surface area contributed by atoms with E-state index in [9.17, 15) is 14.5 Å². The van der Waals surface area contributed by atoms with E-state index in [1.807, 2.05) is 49.4 Å². The Morgan fingerprint density at radius 1 is 1.00 bits per heavy atom. The lowest BCUT2D eigenvalue weighted by Gasteiger charge is -2.12. The quantitative estimate of drug-likeness (QED) is 0.306. The van der Waals surface area contributed by atoms with Crippen LogP contribution >= 0.6 is 0 Å². The number of ether oxygens (including phenoxy) is 1. The van der Waals surface area contributed by atoms with Crippen LogP contribution in [0.3, 0.4) is 0 Å². The molecule has 166 valence electrons. The van der Waals surface area contributed by atoms with Crippen LogP contribution in [0.25, 0.3) is 27.7 Å². The summed E-state index contributed by atoms with van der Waals surface area (Å²) >= 11 is 0. The molecule has 1 aromatic heterocycles. The van der Waals surface area contributed by atoms with Gasteiger partial charge in [-0.05, 0) is 24.6 Å². The summed E-state index contributed by atoms with van der Waals surface area (Å²) in [7, 11) is 1.21. The van der Waals surface area contributed by atoms with Gasteiger partial charge in [0.15, 0.2) is 12.8 Å². The number of aromatic nitrogens is 2. The first-order chi connectivity index (χ1) is 16.0. The third-order valence-corrected chi connectivity index (χ3v) is 5.09. The van der Waals surface area contributed by atoms with Crippen molar-refractivity contribution in [3.05, 3.63) is 93.6 Å². The van der Waals surface area contributed by atoms with Crippen molar-refractivity contribution in [2.75, 3.05) is 13.7 Å². The number of hydrogen-bond donors (Lipinski definition) is 0. The number of nitrogens with zero attached hydrogens (tertiary/aromatic N) is 3. The van der Waals surface area contributed by atoms with Crippen LogP contribution in [0.2, 0.25) is 0 Å². The number of carbonyl (C=O) groups excluding carboxylic acids is 1. The molecule has 0 radical (unpaired) electrons. The molecule has 1 heterocycles. The minimum absolute atomic E-state index is 0.0217. The summed E-state index contributed by atoms with van der Waals surface area (Å²) in [5.74, 6) is -0.559. The van der Waals surface area contributed by atoms with Crippen molar-refractivity contribution in [1.82, 2.24) is 9.78 Å². The molecule has 0 spiro atoms. The highest BCUT2D eigenvalue weighted by molar-refractivity contribution is 5.94. The summed E-state index contributed by atoms with van der Waals surface area (Å²) in [6.45, 7) is 2.15.